The first kappa shape index (κ1) is 16.0. The number of nitrogens with one attached hydrogen (secondary N) is 2. The molecule has 1 aromatic heterocycles. The summed E-state index contributed by atoms with van der Waals surface area (Å²) in [4.78, 5) is 25.1. The average Bonchev–Trinajstić information content (AvgIpc) is 2.74. The van der Waals surface area contributed by atoms with Gasteiger partial charge in [0.2, 0.25) is 5.91 Å². The SMILES string of the molecule is COC(=O)c1c(NC(=O)CC2CCNCC2)sc(C)c1C. The Morgan fingerprint density at radius 2 is 2.00 bits per heavy atom. The van der Waals surface area contributed by atoms with Crippen LogP contribution in [0.25, 0.3) is 0 Å². The quantitative estimate of drug-likeness (QED) is 0.838. The molecule has 6 heteroatoms. The van der Waals surface area contributed by atoms with E-state index in [4.69, 9.17) is 4.74 Å². The van der Waals surface area contributed by atoms with Crippen molar-refractivity contribution in [1.82, 2.24) is 5.32 Å². The van der Waals surface area contributed by atoms with E-state index in [1.807, 2.05) is 13.8 Å². The van der Waals surface area contributed by atoms with E-state index >= 15 is 0 Å². The Morgan fingerprint density at radius 3 is 2.62 bits per heavy atom. The van der Waals surface area contributed by atoms with Gasteiger partial charge in [-0.3, -0.25) is 4.79 Å². The third kappa shape index (κ3) is 3.83. The summed E-state index contributed by atoms with van der Waals surface area (Å²) in [5, 5.41) is 6.79. The fraction of sp³-hybridized carbons (Fsp3) is 0.600. The Kier molecular flexibility index (Phi) is 5.36. The molecular weight excluding hydrogens is 288 g/mol. The minimum Gasteiger partial charge on any atom is -0.465 e. The summed E-state index contributed by atoms with van der Waals surface area (Å²) in [7, 11) is 1.36. The second-order valence-corrected chi connectivity index (χ2v) is 6.65. The fourth-order valence-electron chi connectivity index (χ4n) is 2.59. The zero-order valence-corrected chi connectivity index (χ0v) is 13.6. The number of amides is 1. The Morgan fingerprint density at radius 1 is 1.33 bits per heavy atom. The molecule has 2 rings (SSSR count). The number of hydrogen-bond acceptors (Lipinski definition) is 5. The van der Waals surface area contributed by atoms with E-state index in [2.05, 4.69) is 10.6 Å². The molecule has 2 N–H and O–H groups in total. The molecule has 0 aromatic carbocycles. The Bertz CT molecular complexity index is 533. The first-order valence-corrected chi connectivity index (χ1v) is 8.03. The van der Waals surface area contributed by atoms with Crippen LogP contribution in [0.3, 0.4) is 0 Å². The van der Waals surface area contributed by atoms with E-state index in [-0.39, 0.29) is 5.91 Å². The number of thiophene rings is 1. The number of carbonyl (C=O) groups is 2. The first-order chi connectivity index (χ1) is 10.0. The number of piperidine rings is 1. The molecule has 0 unspecified atom stereocenters. The van der Waals surface area contributed by atoms with Crippen molar-refractivity contribution < 1.29 is 14.3 Å². The fourth-order valence-corrected chi connectivity index (χ4v) is 3.65. The lowest BCUT2D eigenvalue weighted by Gasteiger charge is -2.21. The highest BCUT2D eigenvalue weighted by Gasteiger charge is 2.23. The van der Waals surface area contributed by atoms with E-state index in [9.17, 15) is 9.59 Å². The molecule has 0 saturated carbocycles. The van der Waals surface area contributed by atoms with Crippen LogP contribution in [0.1, 0.15) is 40.1 Å². The third-order valence-electron chi connectivity index (χ3n) is 3.96. The van der Waals surface area contributed by atoms with Gasteiger partial charge in [0, 0.05) is 11.3 Å². The summed E-state index contributed by atoms with van der Waals surface area (Å²) in [6, 6.07) is 0. The van der Waals surface area contributed by atoms with Gasteiger partial charge in [0.15, 0.2) is 0 Å². The van der Waals surface area contributed by atoms with E-state index < -0.39 is 5.97 Å². The van der Waals surface area contributed by atoms with E-state index in [1.165, 1.54) is 18.4 Å². The minimum absolute atomic E-state index is 0.0201. The summed E-state index contributed by atoms with van der Waals surface area (Å²) in [5.41, 5.74) is 1.36. The molecule has 5 nitrogen and oxygen atoms in total. The number of hydrogen-bond donors (Lipinski definition) is 2. The van der Waals surface area contributed by atoms with Gasteiger partial charge in [-0.05, 0) is 51.3 Å². The van der Waals surface area contributed by atoms with Crippen LogP contribution in [0.2, 0.25) is 0 Å². The Balaban J connectivity index is 2.06. The van der Waals surface area contributed by atoms with Crippen LogP contribution in [0.15, 0.2) is 0 Å². The molecule has 1 saturated heterocycles. The number of ether oxygens (including phenoxy) is 1. The number of methoxy groups -OCH3 is 1. The van der Waals surface area contributed by atoms with E-state index in [0.717, 1.165) is 36.4 Å². The molecule has 0 radical (unpaired) electrons. The molecule has 0 aliphatic carbocycles. The molecule has 0 bridgehead atoms. The molecule has 0 spiro atoms. The van der Waals surface area contributed by atoms with Gasteiger partial charge in [0.05, 0.1) is 12.7 Å². The lowest BCUT2D eigenvalue weighted by atomic mass is 9.94. The van der Waals surface area contributed by atoms with Crippen LogP contribution < -0.4 is 10.6 Å². The molecule has 1 amide bonds. The maximum Gasteiger partial charge on any atom is 0.341 e. The Labute approximate surface area is 129 Å². The van der Waals surface area contributed by atoms with Gasteiger partial charge in [-0.2, -0.15) is 0 Å². The van der Waals surface area contributed by atoms with Gasteiger partial charge >= 0.3 is 5.97 Å². The summed E-state index contributed by atoms with van der Waals surface area (Å²) >= 11 is 1.43. The summed E-state index contributed by atoms with van der Waals surface area (Å²) in [6.07, 6.45) is 2.57. The van der Waals surface area contributed by atoms with Crippen molar-refractivity contribution in [3.63, 3.8) is 0 Å². The molecular formula is C15H22N2O3S. The standard InChI is InChI=1S/C15H22N2O3S/c1-9-10(2)21-14(13(9)15(19)20-3)17-12(18)8-11-4-6-16-7-5-11/h11,16H,4-8H2,1-3H3,(H,17,18). The smallest absolute Gasteiger partial charge is 0.341 e. The predicted octanol–water partition coefficient (Wildman–Crippen LogP) is 2.48. The van der Waals surface area contributed by atoms with Crippen LogP contribution in [0.4, 0.5) is 5.00 Å². The molecule has 1 aliphatic rings. The highest BCUT2D eigenvalue weighted by atomic mass is 32.1. The van der Waals surface area contributed by atoms with Gasteiger partial charge < -0.3 is 15.4 Å². The van der Waals surface area contributed by atoms with Crippen LogP contribution in [0, 0.1) is 19.8 Å². The lowest BCUT2D eigenvalue weighted by Crippen LogP contribution is -2.30. The highest BCUT2D eigenvalue weighted by Crippen LogP contribution is 2.33. The van der Waals surface area contributed by atoms with Crippen molar-refractivity contribution in [2.45, 2.75) is 33.1 Å². The zero-order chi connectivity index (χ0) is 15.4. The topological polar surface area (TPSA) is 67.4 Å². The Hall–Kier alpha value is -1.40. The largest absolute Gasteiger partial charge is 0.465 e. The molecule has 116 valence electrons. The van der Waals surface area contributed by atoms with Crippen LogP contribution in [-0.4, -0.2) is 32.1 Å². The number of anilines is 1. The zero-order valence-electron chi connectivity index (χ0n) is 12.7. The van der Waals surface area contributed by atoms with Crippen molar-refractivity contribution in [3.05, 3.63) is 16.0 Å². The van der Waals surface area contributed by atoms with Gasteiger partial charge in [0.25, 0.3) is 0 Å². The van der Waals surface area contributed by atoms with Crippen molar-refractivity contribution in [2.24, 2.45) is 5.92 Å². The molecule has 0 atom stereocenters. The number of rotatable bonds is 4. The molecule has 21 heavy (non-hydrogen) atoms. The van der Waals surface area contributed by atoms with Crippen molar-refractivity contribution >= 4 is 28.2 Å². The maximum absolute atomic E-state index is 12.2. The summed E-state index contributed by atoms with van der Waals surface area (Å²) in [5.74, 6) is 0.0114. The summed E-state index contributed by atoms with van der Waals surface area (Å²) < 4.78 is 4.81. The molecule has 2 heterocycles. The van der Waals surface area contributed by atoms with Gasteiger partial charge in [-0.1, -0.05) is 0 Å². The lowest BCUT2D eigenvalue weighted by molar-refractivity contribution is -0.117. The molecule has 1 aliphatic heterocycles. The second kappa shape index (κ2) is 7.04. The monoisotopic (exact) mass is 310 g/mol. The van der Waals surface area contributed by atoms with Gasteiger partial charge in [0.1, 0.15) is 5.00 Å². The van der Waals surface area contributed by atoms with Crippen LogP contribution >= 0.6 is 11.3 Å². The molecule has 1 aromatic rings. The third-order valence-corrected chi connectivity index (χ3v) is 5.08. The van der Waals surface area contributed by atoms with E-state index in [0.29, 0.717) is 22.9 Å². The number of carbonyl (C=O) groups excluding carboxylic acids is 2. The van der Waals surface area contributed by atoms with Crippen molar-refractivity contribution in [3.8, 4) is 0 Å². The maximum atomic E-state index is 12.2. The van der Waals surface area contributed by atoms with Gasteiger partial charge in [-0.25, -0.2) is 4.79 Å². The predicted molar refractivity (Wildman–Crippen MR) is 84.0 cm³/mol. The van der Waals surface area contributed by atoms with Crippen LogP contribution in [0.5, 0.6) is 0 Å². The second-order valence-electron chi connectivity index (χ2n) is 5.42. The summed E-state index contributed by atoms with van der Waals surface area (Å²) in [6.45, 7) is 5.76. The molecule has 1 fully saturated rings. The van der Waals surface area contributed by atoms with Crippen molar-refractivity contribution in [1.29, 1.82) is 0 Å². The normalized spacial score (nSPS) is 15.8. The van der Waals surface area contributed by atoms with Gasteiger partial charge in [-0.15, -0.1) is 11.3 Å². The van der Waals surface area contributed by atoms with E-state index in [1.54, 1.807) is 0 Å². The number of esters is 1. The first-order valence-electron chi connectivity index (χ1n) is 7.21. The van der Waals surface area contributed by atoms with Crippen LogP contribution in [-0.2, 0) is 9.53 Å². The minimum atomic E-state index is -0.394. The average molecular weight is 310 g/mol. The number of aryl methyl sites for hydroxylation is 1. The van der Waals surface area contributed by atoms with Crippen molar-refractivity contribution in [2.75, 3.05) is 25.5 Å². The highest BCUT2D eigenvalue weighted by molar-refractivity contribution is 7.16.